The van der Waals surface area contributed by atoms with Crippen LogP contribution in [0.2, 0.25) is 0 Å². The van der Waals surface area contributed by atoms with Gasteiger partial charge in [0.25, 0.3) is 0 Å². The Balaban J connectivity index is 1.36. The lowest BCUT2D eigenvalue weighted by Crippen LogP contribution is -2.42. The Bertz CT molecular complexity index is 1530. The highest BCUT2D eigenvalue weighted by atomic mass is 16.6. The molecule has 0 fully saturated rings. The van der Waals surface area contributed by atoms with Gasteiger partial charge in [-0.3, -0.25) is 10.1 Å². The highest BCUT2D eigenvalue weighted by molar-refractivity contribution is 5.96. The van der Waals surface area contributed by atoms with Crippen molar-refractivity contribution in [3.8, 4) is 16.9 Å². The van der Waals surface area contributed by atoms with Crippen LogP contribution < -0.4 is 10.1 Å². The number of alkyl carbamates (subject to hydrolysis) is 1. The molecule has 194 valence electrons. The number of amides is 1. The molecule has 3 aromatic carbocycles. The summed E-state index contributed by atoms with van der Waals surface area (Å²) in [5.74, 6) is -1.41. The molecule has 2 N–H and O–H groups in total. The van der Waals surface area contributed by atoms with Gasteiger partial charge in [-0.2, -0.15) is 0 Å². The molecule has 1 aromatic heterocycles. The first-order valence-electron chi connectivity index (χ1n) is 11.9. The monoisotopic (exact) mass is 515 g/mol. The zero-order valence-corrected chi connectivity index (χ0v) is 20.7. The number of carboxylic acids is 1. The van der Waals surface area contributed by atoms with E-state index in [9.17, 15) is 24.8 Å². The van der Waals surface area contributed by atoms with Crippen molar-refractivity contribution < 1.29 is 29.1 Å². The fourth-order valence-electron chi connectivity index (χ4n) is 5.24. The number of carbonyl (C=O) groups is 2. The summed E-state index contributed by atoms with van der Waals surface area (Å²) in [4.78, 5) is 36.1. The van der Waals surface area contributed by atoms with Gasteiger partial charge in [0.1, 0.15) is 12.6 Å². The number of aromatic nitrogens is 1. The van der Waals surface area contributed by atoms with Crippen LogP contribution >= 0.6 is 0 Å². The maximum absolute atomic E-state index is 12.7. The largest absolute Gasteiger partial charge is 0.490 e. The second-order valence-electron chi connectivity index (χ2n) is 9.10. The molecule has 1 aliphatic carbocycles. The number of benzene rings is 3. The summed E-state index contributed by atoms with van der Waals surface area (Å²) in [5.41, 5.74) is 4.90. The van der Waals surface area contributed by atoms with Gasteiger partial charge >= 0.3 is 17.7 Å². The van der Waals surface area contributed by atoms with Crippen LogP contribution in [0.25, 0.3) is 22.0 Å². The van der Waals surface area contributed by atoms with Crippen molar-refractivity contribution in [1.29, 1.82) is 0 Å². The molecule has 1 heterocycles. The number of nitro groups is 1. The summed E-state index contributed by atoms with van der Waals surface area (Å²) in [6, 6.07) is 17.6. The zero-order chi connectivity index (χ0) is 27.0. The third kappa shape index (κ3) is 4.30. The number of carboxylic acid groups (broad SMARTS) is 1. The van der Waals surface area contributed by atoms with Crippen molar-refractivity contribution in [2.24, 2.45) is 7.05 Å². The average Bonchev–Trinajstić information content (AvgIpc) is 3.40. The topological polar surface area (TPSA) is 133 Å². The fourth-order valence-corrected chi connectivity index (χ4v) is 5.24. The number of ether oxygens (including phenoxy) is 2. The standard InChI is InChI=1S/C28H25N3O7/c1-30-14-16(25-23(30)11-12-24(37-2)26(25)31(35)36)13-22(27(32)33)29-28(34)38-15-21-19-9-5-3-7-17(19)18-8-4-6-10-20(18)21/h3-12,14,21-22H,13,15H2,1-2H3,(H,29,34)(H,32,33). The van der Waals surface area contributed by atoms with Gasteiger partial charge < -0.3 is 24.5 Å². The van der Waals surface area contributed by atoms with Crippen molar-refractivity contribution in [3.05, 3.63) is 93.7 Å². The average molecular weight is 516 g/mol. The molecule has 4 aromatic rings. The van der Waals surface area contributed by atoms with Crippen molar-refractivity contribution >= 4 is 28.7 Å². The molecule has 0 radical (unpaired) electrons. The molecule has 0 bridgehead atoms. The van der Waals surface area contributed by atoms with E-state index in [0.717, 1.165) is 22.3 Å². The number of nitro benzene ring substituents is 1. The number of rotatable bonds is 8. The van der Waals surface area contributed by atoms with Crippen LogP contribution in [0.1, 0.15) is 22.6 Å². The van der Waals surface area contributed by atoms with Crippen molar-refractivity contribution in [1.82, 2.24) is 9.88 Å². The van der Waals surface area contributed by atoms with E-state index in [1.165, 1.54) is 13.2 Å². The molecule has 0 aliphatic heterocycles. The predicted molar refractivity (Wildman–Crippen MR) is 139 cm³/mol. The second-order valence-corrected chi connectivity index (χ2v) is 9.10. The normalized spacial score (nSPS) is 13.0. The molecule has 10 nitrogen and oxygen atoms in total. The second kappa shape index (κ2) is 9.89. The van der Waals surface area contributed by atoms with Crippen molar-refractivity contribution in [3.63, 3.8) is 0 Å². The smallest absolute Gasteiger partial charge is 0.407 e. The molecule has 0 spiro atoms. The maximum atomic E-state index is 12.7. The number of nitrogens with zero attached hydrogens (tertiary/aromatic N) is 2. The van der Waals surface area contributed by atoms with Gasteiger partial charge in [0.15, 0.2) is 5.75 Å². The Morgan fingerprint density at radius 3 is 2.29 bits per heavy atom. The van der Waals surface area contributed by atoms with E-state index in [1.807, 2.05) is 48.5 Å². The summed E-state index contributed by atoms with van der Waals surface area (Å²) in [6.45, 7) is 0.0309. The van der Waals surface area contributed by atoms with E-state index in [2.05, 4.69) is 5.32 Å². The fraction of sp³-hybridized carbons (Fsp3) is 0.214. The number of hydrogen-bond donors (Lipinski definition) is 2. The molecule has 5 rings (SSSR count). The third-order valence-corrected chi connectivity index (χ3v) is 6.93. The minimum atomic E-state index is -1.37. The van der Waals surface area contributed by atoms with Crippen LogP contribution in [0.4, 0.5) is 10.5 Å². The Hall–Kier alpha value is -4.86. The van der Waals surface area contributed by atoms with E-state index in [1.54, 1.807) is 23.9 Å². The number of hydrogen-bond acceptors (Lipinski definition) is 6. The first-order valence-corrected chi connectivity index (χ1v) is 11.9. The van der Waals surface area contributed by atoms with E-state index in [0.29, 0.717) is 11.1 Å². The van der Waals surface area contributed by atoms with Crippen LogP contribution in [-0.4, -0.2) is 46.4 Å². The number of aryl methyl sites for hydroxylation is 1. The SMILES string of the molecule is COc1ccc2c(c(CC(NC(=O)OCC3c4ccccc4-c4ccccc43)C(=O)O)cn2C)c1[N+](=O)[O-]. The summed E-state index contributed by atoms with van der Waals surface area (Å²) >= 11 is 0. The Morgan fingerprint density at radius 1 is 1.08 bits per heavy atom. The number of carbonyl (C=O) groups excluding carboxylic acids is 1. The van der Waals surface area contributed by atoms with Gasteiger partial charge in [-0.05, 0) is 39.9 Å². The van der Waals surface area contributed by atoms with Crippen molar-refractivity contribution in [2.75, 3.05) is 13.7 Å². The summed E-state index contributed by atoms with van der Waals surface area (Å²) in [6.07, 6.45) is 0.545. The van der Waals surface area contributed by atoms with Gasteiger partial charge in [0, 0.05) is 25.6 Å². The molecule has 1 atom stereocenters. The molecular formula is C28H25N3O7. The van der Waals surface area contributed by atoms with Crippen LogP contribution in [0, 0.1) is 10.1 Å². The van der Waals surface area contributed by atoms with Gasteiger partial charge in [-0.25, -0.2) is 9.59 Å². The van der Waals surface area contributed by atoms with E-state index in [4.69, 9.17) is 9.47 Å². The van der Waals surface area contributed by atoms with Gasteiger partial charge in [0.05, 0.1) is 22.9 Å². The quantitative estimate of drug-likeness (QED) is 0.258. The van der Waals surface area contributed by atoms with Gasteiger partial charge in [-0.1, -0.05) is 48.5 Å². The lowest BCUT2D eigenvalue weighted by atomic mass is 9.98. The van der Waals surface area contributed by atoms with Crippen LogP contribution in [0.5, 0.6) is 5.75 Å². The summed E-state index contributed by atoms with van der Waals surface area (Å²) in [7, 11) is 3.03. The summed E-state index contributed by atoms with van der Waals surface area (Å²) < 4.78 is 12.3. The number of nitrogens with one attached hydrogen (secondary N) is 1. The maximum Gasteiger partial charge on any atom is 0.407 e. The Labute approximate surface area is 217 Å². The van der Waals surface area contributed by atoms with Gasteiger partial charge in [-0.15, -0.1) is 0 Å². The number of methoxy groups -OCH3 is 1. The van der Waals surface area contributed by atoms with Crippen LogP contribution in [-0.2, 0) is 23.0 Å². The molecule has 0 saturated heterocycles. The molecular weight excluding hydrogens is 490 g/mol. The summed E-state index contributed by atoms with van der Waals surface area (Å²) in [5, 5.41) is 24.4. The minimum Gasteiger partial charge on any atom is -0.490 e. The van der Waals surface area contributed by atoms with Crippen LogP contribution in [0.3, 0.4) is 0 Å². The Morgan fingerprint density at radius 2 is 1.71 bits per heavy atom. The van der Waals surface area contributed by atoms with E-state index >= 15 is 0 Å². The highest BCUT2D eigenvalue weighted by Gasteiger charge is 2.31. The van der Waals surface area contributed by atoms with Crippen LogP contribution in [0.15, 0.2) is 66.9 Å². The molecule has 1 amide bonds. The first-order chi connectivity index (χ1) is 18.3. The highest BCUT2D eigenvalue weighted by Crippen LogP contribution is 2.44. The van der Waals surface area contributed by atoms with E-state index < -0.39 is 23.0 Å². The van der Waals surface area contributed by atoms with Gasteiger partial charge in [0.2, 0.25) is 0 Å². The molecule has 38 heavy (non-hydrogen) atoms. The lowest BCUT2D eigenvalue weighted by molar-refractivity contribution is -0.384. The zero-order valence-electron chi connectivity index (χ0n) is 20.7. The molecule has 1 aliphatic rings. The first kappa shape index (κ1) is 24.8. The third-order valence-electron chi connectivity index (χ3n) is 6.93. The lowest BCUT2D eigenvalue weighted by Gasteiger charge is -2.17. The Kier molecular flexibility index (Phi) is 6.46. The molecule has 0 saturated carbocycles. The molecule has 1 unspecified atom stereocenters. The predicted octanol–water partition coefficient (Wildman–Crippen LogP) is 4.63. The number of fused-ring (bicyclic) bond motifs is 4. The molecule has 10 heteroatoms. The number of aliphatic carboxylic acids is 1. The minimum absolute atomic E-state index is 0.0309. The van der Waals surface area contributed by atoms with Crippen molar-refractivity contribution in [2.45, 2.75) is 18.4 Å². The van der Waals surface area contributed by atoms with E-state index in [-0.39, 0.29) is 35.8 Å².